The van der Waals surface area contributed by atoms with Crippen molar-refractivity contribution in [2.24, 2.45) is 0 Å². The normalized spacial score (nSPS) is 27.2. The SMILES string of the molecule is CCCCCCCCCCCCCCCCCCCCCCCCC(O)C(=O)N[C@@H](COP(=O)(O)O[C@@H]1[C@H](O)[C@H](O)[C@@H](O)[C@H](O)[C@H]1OC1O[C@H](CO)[C@@H](O)[C@H](O)[C@@H]1O)[C@H](O)CCCCCCCCCCCCCCC. The highest BCUT2D eigenvalue weighted by molar-refractivity contribution is 7.47. The third-order valence-corrected chi connectivity index (χ3v) is 16.4. The average Bonchev–Trinajstić information content (AvgIpc) is 3.39. The zero-order chi connectivity index (χ0) is 55.3. The number of unbranched alkanes of at least 4 members (excludes halogenated alkanes) is 33. The second-order valence-electron chi connectivity index (χ2n) is 22.0. The number of carbonyl (C=O) groups excluding carboxylic acids is 1. The van der Waals surface area contributed by atoms with Crippen molar-refractivity contribution < 1.29 is 83.8 Å². The highest BCUT2D eigenvalue weighted by Crippen LogP contribution is 2.48. The molecule has 3 unspecified atom stereocenters. The van der Waals surface area contributed by atoms with Crippen molar-refractivity contribution in [2.45, 2.75) is 337 Å². The molecule has 2 rings (SSSR count). The first-order valence-electron chi connectivity index (χ1n) is 30.1. The lowest BCUT2D eigenvalue weighted by atomic mass is 9.84. The van der Waals surface area contributed by atoms with Crippen LogP contribution in [0.3, 0.4) is 0 Å². The van der Waals surface area contributed by atoms with Crippen molar-refractivity contribution in [3.63, 3.8) is 0 Å². The Hall–Kier alpha value is -0.900. The molecule has 15 atom stereocenters. The molecule has 19 heteroatoms. The van der Waals surface area contributed by atoms with Gasteiger partial charge < -0.3 is 70.7 Å². The maximum Gasteiger partial charge on any atom is 0.472 e. The molecule has 0 bridgehead atoms. The molecule has 0 spiro atoms. The van der Waals surface area contributed by atoms with Gasteiger partial charge in [0.2, 0.25) is 5.91 Å². The van der Waals surface area contributed by atoms with Gasteiger partial charge in [0.1, 0.15) is 67.1 Å². The van der Waals surface area contributed by atoms with E-state index in [-0.39, 0.29) is 12.8 Å². The monoisotopic (exact) mass is 1100 g/mol. The van der Waals surface area contributed by atoms with Gasteiger partial charge in [-0.15, -0.1) is 0 Å². The Morgan fingerprint density at radius 2 is 0.840 bits per heavy atom. The van der Waals surface area contributed by atoms with Crippen LogP contribution in [0.1, 0.15) is 251 Å². The highest BCUT2D eigenvalue weighted by Gasteiger charge is 2.55. The lowest BCUT2D eigenvalue weighted by molar-refractivity contribution is -0.338. The lowest BCUT2D eigenvalue weighted by Gasteiger charge is -2.47. The minimum absolute atomic E-state index is 0.168. The van der Waals surface area contributed by atoms with Gasteiger partial charge in [-0.1, -0.05) is 239 Å². The molecule has 1 aliphatic heterocycles. The Labute approximate surface area is 451 Å². The number of ether oxygens (including phenoxy) is 2. The molecule has 446 valence electrons. The second kappa shape index (κ2) is 42.9. The second-order valence-corrected chi connectivity index (χ2v) is 23.4. The van der Waals surface area contributed by atoms with Crippen LogP contribution in [-0.4, -0.2) is 161 Å². The van der Waals surface area contributed by atoms with E-state index in [1.807, 2.05) is 0 Å². The number of hydrogen-bond acceptors (Lipinski definition) is 16. The molecule has 1 aliphatic carbocycles. The molecule has 0 aromatic rings. The van der Waals surface area contributed by atoms with Crippen LogP contribution in [0.25, 0.3) is 0 Å². The number of aliphatic hydroxyl groups is 10. The number of phosphoric acid groups is 1. The summed E-state index contributed by atoms with van der Waals surface area (Å²) in [4.78, 5) is 24.3. The van der Waals surface area contributed by atoms with Crippen LogP contribution in [0, 0.1) is 0 Å². The van der Waals surface area contributed by atoms with Gasteiger partial charge in [0.15, 0.2) is 6.29 Å². The Kier molecular flexibility index (Phi) is 40.2. The smallest absolute Gasteiger partial charge is 0.394 e. The lowest BCUT2D eigenvalue weighted by Crippen LogP contribution is -2.67. The fourth-order valence-corrected chi connectivity index (χ4v) is 11.3. The number of nitrogens with one attached hydrogen (secondary N) is 1. The van der Waals surface area contributed by atoms with Crippen LogP contribution in [0.15, 0.2) is 0 Å². The van der Waals surface area contributed by atoms with Gasteiger partial charge in [-0.2, -0.15) is 0 Å². The van der Waals surface area contributed by atoms with E-state index >= 15 is 0 Å². The highest BCUT2D eigenvalue weighted by atomic mass is 31.2. The molecule has 1 saturated carbocycles. The van der Waals surface area contributed by atoms with Crippen LogP contribution in [0.5, 0.6) is 0 Å². The minimum Gasteiger partial charge on any atom is -0.394 e. The Bertz CT molecular complexity index is 1420. The van der Waals surface area contributed by atoms with Gasteiger partial charge in [-0.25, -0.2) is 4.57 Å². The van der Waals surface area contributed by atoms with E-state index in [1.54, 1.807) is 0 Å². The molecule has 75 heavy (non-hydrogen) atoms. The average molecular weight is 1100 g/mol. The summed E-state index contributed by atoms with van der Waals surface area (Å²) in [5, 5.41) is 108. The summed E-state index contributed by atoms with van der Waals surface area (Å²) in [6.45, 7) is 2.81. The summed E-state index contributed by atoms with van der Waals surface area (Å²) in [7, 11) is -5.39. The predicted molar refractivity (Wildman–Crippen MR) is 289 cm³/mol. The van der Waals surface area contributed by atoms with Crippen molar-refractivity contribution in [3.05, 3.63) is 0 Å². The van der Waals surface area contributed by atoms with E-state index in [0.29, 0.717) is 12.8 Å². The molecular formula is C56H110NO17P. The van der Waals surface area contributed by atoms with Crippen LogP contribution in [0.2, 0.25) is 0 Å². The molecule has 1 saturated heterocycles. The Morgan fingerprint density at radius 3 is 1.23 bits per heavy atom. The van der Waals surface area contributed by atoms with Gasteiger partial charge in [0.25, 0.3) is 0 Å². The summed E-state index contributed by atoms with van der Waals surface area (Å²) in [6.07, 6.45) is 17.5. The number of amides is 1. The summed E-state index contributed by atoms with van der Waals surface area (Å²) in [6, 6.07) is -1.31. The Balaban J connectivity index is 1.86. The third-order valence-electron chi connectivity index (χ3n) is 15.4. The third kappa shape index (κ3) is 29.9. The number of carbonyl (C=O) groups is 1. The molecule has 0 radical (unpaired) electrons. The first-order chi connectivity index (χ1) is 36.1. The van der Waals surface area contributed by atoms with E-state index in [2.05, 4.69) is 19.2 Å². The molecule has 1 amide bonds. The molecule has 12 N–H and O–H groups in total. The quantitative estimate of drug-likeness (QED) is 0.0204. The summed E-state index contributed by atoms with van der Waals surface area (Å²) in [5.41, 5.74) is 0. The van der Waals surface area contributed by atoms with Crippen molar-refractivity contribution in [3.8, 4) is 0 Å². The van der Waals surface area contributed by atoms with E-state index in [0.717, 1.165) is 51.4 Å². The number of phosphoric ester groups is 1. The van der Waals surface area contributed by atoms with Crippen molar-refractivity contribution in [1.29, 1.82) is 0 Å². The topological polar surface area (TPSA) is 306 Å². The molecule has 18 nitrogen and oxygen atoms in total. The molecule has 2 aliphatic rings. The van der Waals surface area contributed by atoms with Crippen LogP contribution in [0.4, 0.5) is 0 Å². The molecule has 0 aromatic heterocycles. The van der Waals surface area contributed by atoms with Gasteiger partial charge in [-0.3, -0.25) is 13.8 Å². The summed E-state index contributed by atoms with van der Waals surface area (Å²) in [5.74, 6) is -0.805. The fraction of sp³-hybridized carbons (Fsp3) is 0.982. The molecular weight excluding hydrogens is 990 g/mol. The number of aliphatic hydroxyl groups excluding tert-OH is 10. The summed E-state index contributed by atoms with van der Waals surface area (Å²) >= 11 is 0. The largest absolute Gasteiger partial charge is 0.472 e. The minimum atomic E-state index is -5.39. The standard InChI is InChI=1S/C56H110NO17P/c1-3-5-7-9-11-13-15-17-18-19-20-21-22-23-24-25-27-29-31-33-35-37-39-44(60)55(68)57-42(43(59)38-36-34-32-30-28-26-16-14-12-10-8-6-4-2)41-71-75(69,70)74-54-51(66)49(64)48(63)50(65)53(54)73-56-52(67)47(62)46(61)45(40-58)72-56/h42-54,56,58-67H,3-41H2,1-2H3,(H,57,68)(H,69,70)/t42-,43+,44?,45+,46+,47-,48+,49+,50-,51+,52-,53+,54+,56?/m0/s1. The summed E-state index contributed by atoms with van der Waals surface area (Å²) < 4.78 is 34.9. The first kappa shape index (κ1) is 70.2. The maximum atomic E-state index is 13.6. The van der Waals surface area contributed by atoms with Gasteiger partial charge in [0, 0.05) is 0 Å². The van der Waals surface area contributed by atoms with Gasteiger partial charge in [0.05, 0.1) is 25.4 Å². The number of hydrogen-bond donors (Lipinski definition) is 12. The van der Waals surface area contributed by atoms with E-state index in [1.165, 1.54) is 161 Å². The molecule has 2 fully saturated rings. The zero-order valence-corrected chi connectivity index (χ0v) is 47.4. The van der Waals surface area contributed by atoms with Crippen molar-refractivity contribution >= 4 is 13.7 Å². The molecule has 1 heterocycles. The van der Waals surface area contributed by atoms with E-state index in [4.69, 9.17) is 18.5 Å². The Morgan fingerprint density at radius 1 is 0.493 bits per heavy atom. The maximum absolute atomic E-state index is 13.6. The van der Waals surface area contributed by atoms with Crippen LogP contribution < -0.4 is 5.32 Å². The van der Waals surface area contributed by atoms with Gasteiger partial charge >= 0.3 is 7.82 Å². The zero-order valence-electron chi connectivity index (χ0n) is 46.5. The van der Waals surface area contributed by atoms with Gasteiger partial charge in [-0.05, 0) is 12.8 Å². The predicted octanol–water partition coefficient (Wildman–Crippen LogP) is 7.81. The first-order valence-corrected chi connectivity index (χ1v) is 31.6. The van der Waals surface area contributed by atoms with Crippen LogP contribution in [-0.2, 0) is 27.9 Å². The van der Waals surface area contributed by atoms with E-state index in [9.17, 15) is 65.3 Å². The molecule has 0 aromatic carbocycles. The number of rotatable bonds is 48. The van der Waals surface area contributed by atoms with Crippen molar-refractivity contribution in [1.82, 2.24) is 5.32 Å². The van der Waals surface area contributed by atoms with E-state index < -0.39 is 113 Å². The fourth-order valence-electron chi connectivity index (χ4n) is 10.3. The van der Waals surface area contributed by atoms with Crippen LogP contribution >= 0.6 is 7.82 Å². The van der Waals surface area contributed by atoms with Crippen molar-refractivity contribution in [2.75, 3.05) is 13.2 Å².